The van der Waals surface area contributed by atoms with E-state index in [1.165, 1.54) is 31.5 Å². The van der Waals surface area contributed by atoms with Crippen LogP contribution in [0.1, 0.15) is 18.4 Å². The standard InChI is InChI=1S/C16H22N2.ClH/c17-16-9-8-14-11-18(12-15(14)16)10-4-7-13-5-2-1-3-6-13;/h1-7,14-16H,8-12,17H2;1H/b7-4+;. The van der Waals surface area contributed by atoms with E-state index in [2.05, 4.69) is 47.4 Å². The molecule has 2 N–H and O–H groups in total. The molecule has 0 bridgehead atoms. The maximum absolute atomic E-state index is 6.16. The Bertz CT molecular complexity index is 418. The molecule has 104 valence electrons. The molecular formula is C16H23ClN2. The number of nitrogens with two attached hydrogens (primary N) is 1. The maximum atomic E-state index is 6.16. The van der Waals surface area contributed by atoms with E-state index in [0.717, 1.165) is 18.4 Å². The van der Waals surface area contributed by atoms with Gasteiger partial charge in [0, 0.05) is 25.7 Å². The van der Waals surface area contributed by atoms with Crippen LogP contribution >= 0.6 is 12.4 Å². The first-order valence-electron chi connectivity index (χ1n) is 7.02. The normalized spacial score (nSPS) is 30.5. The lowest BCUT2D eigenvalue weighted by Crippen LogP contribution is -2.30. The van der Waals surface area contributed by atoms with Crippen LogP contribution in [0.5, 0.6) is 0 Å². The highest BCUT2D eigenvalue weighted by molar-refractivity contribution is 5.85. The van der Waals surface area contributed by atoms with E-state index in [4.69, 9.17) is 5.73 Å². The third kappa shape index (κ3) is 3.38. The SMILES string of the molecule is Cl.NC1CCC2CN(C/C=C/c3ccccc3)CC12. The minimum atomic E-state index is 0. The molecule has 1 saturated carbocycles. The molecule has 0 radical (unpaired) electrons. The highest BCUT2D eigenvalue weighted by Crippen LogP contribution is 2.36. The fourth-order valence-electron chi connectivity index (χ4n) is 3.45. The second-order valence-electron chi connectivity index (χ2n) is 5.70. The van der Waals surface area contributed by atoms with Gasteiger partial charge in [0.05, 0.1) is 0 Å². The Labute approximate surface area is 122 Å². The summed E-state index contributed by atoms with van der Waals surface area (Å²) in [6.45, 7) is 3.51. The van der Waals surface area contributed by atoms with Crippen molar-refractivity contribution < 1.29 is 0 Å². The summed E-state index contributed by atoms with van der Waals surface area (Å²) >= 11 is 0. The van der Waals surface area contributed by atoms with Crippen LogP contribution < -0.4 is 5.73 Å². The van der Waals surface area contributed by atoms with Crippen LogP contribution in [0, 0.1) is 11.8 Å². The van der Waals surface area contributed by atoms with Gasteiger partial charge in [0.25, 0.3) is 0 Å². The van der Waals surface area contributed by atoms with Gasteiger partial charge in [0.1, 0.15) is 0 Å². The van der Waals surface area contributed by atoms with E-state index in [1.54, 1.807) is 0 Å². The number of halogens is 1. The Balaban J connectivity index is 0.00000133. The van der Waals surface area contributed by atoms with E-state index < -0.39 is 0 Å². The summed E-state index contributed by atoms with van der Waals surface area (Å²) in [6.07, 6.45) is 7.07. The number of benzene rings is 1. The second-order valence-corrected chi connectivity index (χ2v) is 5.70. The monoisotopic (exact) mass is 278 g/mol. The molecule has 3 unspecified atom stereocenters. The van der Waals surface area contributed by atoms with E-state index in [1.807, 2.05) is 0 Å². The van der Waals surface area contributed by atoms with Crippen LogP contribution in [0.25, 0.3) is 6.08 Å². The quantitative estimate of drug-likeness (QED) is 0.921. The molecule has 0 amide bonds. The first-order chi connectivity index (χ1) is 8.83. The van der Waals surface area contributed by atoms with Crippen molar-refractivity contribution in [2.24, 2.45) is 17.6 Å². The number of likely N-dealkylation sites (tertiary alicyclic amines) is 1. The molecule has 19 heavy (non-hydrogen) atoms. The minimum absolute atomic E-state index is 0. The molecule has 2 nitrogen and oxygen atoms in total. The van der Waals surface area contributed by atoms with Crippen LogP contribution in [0.2, 0.25) is 0 Å². The lowest BCUT2D eigenvalue weighted by molar-refractivity contribution is 0.337. The minimum Gasteiger partial charge on any atom is -0.327 e. The topological polar surface area (TPSA) is 29.3 Å². The molecule has 2 fully saturated rings. The van der Waals surface area contributed by atoms with Gasteiger partial charge in [-0.15, -0.1) is 12.4 Å². The van der Waals surface area contributed by atoms with Crippen LogP contribution in [-0.2, 0) is 0 Å². The van der Waals surface area contributed by atoms with Crippen LogP contribution in [-0.4, -0.2) is 30.6 Å². The summed E-state index contributed by atoms with van der Waals surface area (Å²) in [6, 6.07) is 11.0. The van der Waals surface area contributed by atoms with Crippen LogP contribution in [0.15, 0.2) is 36.4 Å². The number of fused-ring (bicyclic) bond motifs is 1. The zero-order chi connectivity index (χ0) is 12.4. The highest BCUT2D eigenvalue weighted by Gasteiger charge is 2.40. The maximum Gasteiger partial charge on any atom is 0.0166 e. The van der Waals surface area contributed by atoms with Gasteiger partial charge in [0.15, 0.2) is 0 Å². The Morgan fingerprint density at radius 1 is 1.16 bits per heavy atom. The zero-order valence-corrected chi connectivity index (χ0v) is 12.1. The van der Waals surface area contributed by atoms with Crippen molar-refractivity contribution >= 4 is 18.5 Å². The first-order valence-corrected chi connectivity index (χ1v) is 7.02. The van der Waals surface area contributed by atoms with Crippen LogP contribution in [0.3, 0.4) is 0 Å². The molecule has 1 saturated heterocycles. The van der Waals surface area contributed by atoms with Crippen molar-refractivity contribution in [1.29, 1.82) is 0 Å². The van der Waals surface area contributed by atoms with Gasteiger partial charge < -0.3 is 5.73 Å². The Hall–Kier alpha value is -0.830. The molecular weight excluding hydrogens is 256 g/mol. The van der Waals surface area contributed by atoms with Crippen molar-refractivity contribution in [3.05, 3.63) is 42.0 Å². The first kappa shape index (κ1) is 14.6. The summed E-state index contributed by atoms with van der Waals surface area (Å²) in [5.74, 6) is 1.63. The summed E-state index contributed by atoms with van der Waals surface area (Å²) in [5.41, 5.74) is 7.44. The number of hydrogen-bond donors (Lipinski definition) is 1. The van der Waals surface area contributed by atoms with E-state index in [0.29, 0.717) is 6.04 Å². The predicted molar refractivity (Wildman–Crippen MR) is 83.4 cm³/mol. The van der Waals surface area contributed by atoms with Gasteiger partial charge in [-0.1, -0.05) is 42.5 Å². The van der Waals surface area contributed by atoms with Crippen LogP contribution in [0.4, 0.5) is 0 Å². The molecule has 1 heterocycles. The Morgan fingerprint density at radius 3 is 2.68 bits per heavy atom. The van der Waals surface area contributed by atoms with Crippen molar-refractivity contribution in [2.45, 2.75) is 18.9 Å². The van der Waals surface area contributed by atoms with Gasteiger partial charge >= 0.3 is 0 Å². The fourth-order valence-corrected chi connectivity index (χ4v) is 3.45. The van der Waals surface area contributed by atoms with Crippen molar-refractivity contribution in [1.82, 2.24) is 4.90 Å². The molecule has 0 aromatic heterocycles. The molecule has 1 aliphatic heterocycles. The zero-order valence-electron chi connectivity index (χ0n) is 11.2. The van der Waals surface area contributed by atoms with Gasteiger partial charge in [-0.05, 0) is 30.2 Å². The number of nitrogens with zero attached hydrogens (tertiary/aromatic N) is 1. The van der Waals surface area contributed by atoms with E-state index in [-0.39, 0.29) is 12.4 Å². The van der Waals surface area contributed by atoms with Crippen molar-refractivity contribution in [3.8, 4) is 0 Å². The summed E-state index contributed by atoms with van der Waals surface area (Å²) in [7, 11) is 0. The smallest absolute Gasteiger partial charge is 0.0166 e. The van der Waals surface area contributed by atoms with E-state index in [9.17, 15) is 0 Å². The predicted octanol–water partition coefficient (Wildman–Crippen LogP) is 2.79. The summed E-state index contributed by atoms with van der Waals surface area (Å²) < 4.78 is 0. The van der Waals surface area contributed by atoms with Crippen molar-refractivity contribution in [2.75, 3.05) is 19.6 Å². The van der Waals surface area contributed by atoms with Gasteiger partial charge in [-0.25, -0.2) is 0 Å². The summed E-state index contributed by atoms with van der Waals surface area (Å²) in [5, 5.41) is 0. The Morgan fingerprint density at radius 2 is 1.95 bits per heavy atom. The fraction of sp³-hybridized carbons (Fsp3) is 0.500. The molecule has 3 atom stereocenters. The molecule has 3 heteroatoms. The average molecular weight is 279 g/mol. The molecule has 1 aromatic carbocycles. The third-order valence-electron chi connectivity index (χ3n) is 4.46. The Kier molecular flexibility index (Phi) is 5.03. The second kappa shape index (κ2) is 6.56. The van der Waals surface area contributed by atoms with Crippen molar-refractivity contribution in [3.63, 3.8) is 0 Å². The molecule has 0 spiro atoms. The van der Waals surface area contributed by atoms with Gasteiger partial charge in [0.2, 0.25) is 0 Å². The lowest BCUT2D eigenvalue weighted by atomic mass is 9.98. The van der Waals surface area contributed by atoms with E-state index >= 15 is 0 Å². The number of hydrogen-bond acceptors (Lipinski definition) is 2. The molecule has 3 rings (SSSR count). The molecule has 1 aliphatic carbocycles. The largest absolute Gasteiger partial charge is 0.327 e. The molecule has 2 aliphatic rings. The number of rotatable bonds is 3. The highest BCUT2D eigenvalue weighted by atomic mass is 35.5. The molecule has 1 aromatic rings. The average Bonchev–Trinajstić information content (AvgIpc) is 2.94. The summed E-state index contributed by atoms with van der Waals surface area (Å²) in [4.78, 5) is 2.55. The lowest BCUT2D eigenvalue weighted by Gasteiger charge is -2.16. The van der Waals surface area contributed by atoms with Gasteiger partial charge in [-0.2, -0.15) is 0 Å². The third-order valence-corrected chi connectivity index (χ3v) is 4.46. The van der Waals surface area contributed by atoms with Gasteiger partial charge in [-0.3, -0.25) is 4.90 Å².